The monoisotopic (exact) mass is 382 g/mol. The molecule has 27 heavy (non-hydrogen) atoms. The molecule has 0 bridgehead atoms. The molecule has 0 N–H and O–H groups in total. The van der Waals surface area contributed by atoms with Gasteiger partial charge in [0.05, 0.1) is 0 Å². The van der Waals surface area contributed by atoms with Crippen LogP contribution in [0, 0.1) is 11.8 Å². The van der Waals surface area contributed by atoms with E-state index in [0.29, 0.717) is 12.8 Å². The van der Waals surface area contributed by atoms with E-state index in [1.807, 2.05) is 0 Å². The molecule has 0 aromatic rings. The third-order valence-electron chi connectivity index (χ3n) is 5.05. The van der Waals surface area contributed by atoms with Gasteiger partial charge in [-0.1, -0.05) is 105 Å². The molecule has 0 aliphatic heterocycles. The molecule has 3 heteroatoms. The number of unbranched alkanes of at least 4 members (excludes halogenated alkanes) is 10. The first-order valence-corrected chi connectivity index (χ1v) is 11.6. The molecule has 0 aromatic heterocycles. The summed E-state index contributed by atoms with van der Waals surface area (Å²) in [5.74, 6) is 0.918. The summed E-state index contributed by atoms with van der Waals surface area (Å²) in [5, 5.41) is 0. The Morgan fingerprint density at radius 1 is 0.519 bits per heavy atom. The molecular formula is C24H46O3. The second-order valence-corrected chi connectivity index (χ2v) is 8.95. The van der Waals surface area contributed by atoms with E-state index in [-0.39, 0.29) is 11.9 Å². The van der Waals surface area contributed by atoms with Crippen LogP contribution in [0.25, 0.3) is 0 Å². The second kappa shape index (κ2) is 18.5. The minimum atomic E-state index is -0.339. The minimum absolute atomic E-state index is 0.339. The van der Waals surface area contributed by atoms with E-state index >= 15 is 0 Å². The van der Waals surface area contributed by atoms with Gasteiger partial charge in [-0.2, -0.15) is 0 Å². The number of ether oxygens (including phenoxy) is 1. The van der Waals surface area contributed by atoms with Crippen LogP contribution in [-0.2, 0) is 14.3 Å². The van der Waals surface area contributed by atoms with Crippen molar-refractivity contribution in [3.63, 3.8) is 0 Å². The molecule has 3 nitrogen and oxygen atoms in total. The lowest BCUT2D eigenvalue weighted by atomic mass is 10.0. The van der Waals surface area contributed by atoms with E-state index in [9.17, 15) is 9.59 Å². The number of rotatable bonds is 18. The zero-order chi connectivity index (χ0) is 20.3. The van der Waals surface area contributed by atoms with Gasteiger partial charge >= 0.3 is 11.9 Å². The summed E-state index contributed by atoms with van der Waals surface area (Å²) >= 11 is 0. The first-order chi connectivity index (χ1) is 12.9. The van der Waals surface area contributed by atoms with Crippen molar-refractivity contribution in [3.05, 3.63) is 0 Å². The van der Waals surface area contributed by atoms with Crippen molar-refractivity contribution in [1.82, 2.24) is 0 Å². The lowest BCUT2D eigenvalue weighted by molar-refractivity contribution is -0.159. The van der Waals surface area contributed by atoms with Crippen LogP contribution in [-0.4, -0.2) is 11.9 Å². The van der Waals surface area contributed by atoms with Crippen LogP contribution in [0.4, 0.5) is 0 Å². The molecule has 0 heterocycles. The normalized spacial score (nSPS) is 11.3. The Bertz CT molecular complexity index is 327. The molecule has 0 saturated carbocycles. The molecule has 0 saturated heterocycles. The van der Waals surface area contributed by atoms with Crippen LogP contribution in [0.2, 0.25) is 0 Å². The summed E-state index contributed by atoms with van der Waals surface area (Å²) in [5.41, 5.74) is 0. The summed E-state index contributed by atoms with van der Waals surface area (Å²) in [6.45, 7) is 9.06. The topological polar surface area (TPSA) is 43.4 Å². The summed E-state index contributed by atoms with van der Waals surface area (Å²) in [6.07, 6.45) is 17.2. The Morgan fingerprint density at radius 2 is 0.815 bits per heavy atom. The summed E-state index contributed by atoms with van der Waals surface area (Å²) in [6, 6.07) is 0. The standard InChI is InChI=1S/C24H46O3/c1-21(2)17-13-9-5-7-11-15-19-23(25)27-24(26)20-16-12-8-6-10-14-18-22(3)4/h21-22H,5-20H2,1-4H3. The summed E-state index contributed by atoms with van der Waals surface area (Å²) in [4.78, 5) is 23.4. The third kappa shape index (κ3) is 21.3. The van der Waals surface area contributed by atoms with Gasteiger partial charge in [0.15, 0.2) is 0 Å². The van der Waals surface area contributed by atoms with Crippen LogP contribution in [0.5, 0.6) is 0 Å². The predicted molar refractivity (Wildman–Crippen MR) is 115 cm³/mol. The molecule has 0 aliphatic rings. The van der Waals surface area contributed by atoms with Crippen LogP contribution in [0.3, 0.4) is 0 Å². The zero-order valence-corrected chi connectivity index (χ0v) is 18.7. The lowest BCUT2D eigenvalue weighted by Crippen LogP contribution is -2.11. The zero-order valence-electron chi connectivity index (χ0n) is 18.7. The van der Waals surface area contributed by atoms with E-state index in [0.717, 1.165) is 37.5 Å². The van der Waals surface area contributed by atoms with E-state index in [1.165, 1.54) is 64.2 Å². The molecule has 0 rings (SSSR count). The van der Waals surface area contributed by atoms with Crippen molar-refractivity contribution >= 4 is 11.9 Å². The predicted octanol–water partition coefficient (Wildman–Crippen LogP) is 7.61. The highest BCUT2D eigenvalue weighted by Gasteiger charge is 2.09. The van der Waals surface area contributed by atoms with Crippen LogP contribution >= 0.6 is 0 Å². The van der Waals surface area contributed by atoms with Gasteiger partial charge in [0.1, 0.15) is 0 Å². The highest BCUT2D eigenvalue weighted by Crippen LogP contribution is 2.13. The first-order valence-electron chi connectivity index (χ1n) is 11.6. The van der Waals surface area contributed by atoms with E-state index in [4.69, 9.17) is 4.74 Å². The van der Waals surface area contributed by atoms with Gasteiger partial charge in [-0.05, 0) is 24.7 Å². The average Bonchev–Trinajstić information content (AvgIpc) is 2.59. The van der Waals surface area contributed by atoms with Gasteiger partial charge in [-0.3, -0.25) is 9.59 Å². The number of carbonyl (C=O) groups excluding carboxylic acids is 2. The maximum atomic E-state index is 11.7. The van der Waals surface area contributed by atoms with E-state index in [2.05, 4.69) is 27.7 Å². The molecule has 160 valence electrons. The van der Waals surface area contributed by atoms with Crippen molar-refractivity contribution in [2.75, 3.05) is 0 Å². The Kier molecular flexibility index (Phi) is 17.9. The van der Waals surface area contributed by atoms with Crippen LogP contribution in [0.15, 0.2) is 0 Å². The van der Waals surface area contributed by atoms with Crippen molar-refractivity contribution < 1.29 is 14.3 Å². The fourth-order valence-electron chi connectivity index (χ4n) is 3.29. The van der Waals surface area contributed by atoms with Crippen molar-refractivity contribution in [2.24, 2.45) is 11.8 Å². The van der Waals surface area contributed by atoms with Crippen molar-refractivity contribution in [2.45, 2.75) is 130 Å². The Hall–Kier alpha value is -0.860. The second-order valence-electron chi connectivity index (χ2n) is 8.95. The maximum Gasteiger partial charge on any atom is 0.313 e. The van der Waals surface area contributed by atoms with Crippen LogP contribution < -0.4 is 0 Å². The minimum Gasteiger partial charge on any atom is -0.393 e. The van der Waals surface area contributed by atoms with Gasteiger partial charge in [0, 0.05) is 12.8 Å². The third-order valence-corrected chi connectivity index (χ3v) is 5.05. The molecule has 0 spiro atoms. The number of hydrogen-bond donors (Lipinski definition) is 0. The number of hydrogen-bond acceptors (Lipinski definition) is 3. The average molecular weight is 383 g/mol. The molecule has 0 unspecified atom stereocenters. The van der Waals surface area contributed by atoms with Gasteiger partial charge in [0.2, 0.25) is 0 Å². The summed E-state index contributed by atoms with van der Waals surface area (Å²) < 4.78 is 4.92. The molecule has 0 fully saturated rings. The van der Waals surface area contributed by atoms with Gasteiger partial charge in [0.25, 0.3) is 0 Å². The van der Waals surface area contributed by atoms with Gasteiger partial charge < -0.3 is 4.74 Å². The summed E-state index contributed by atoms with van der Waals surface area (Å²) in [7, 11) is 0. The molecule has 0 aromatic carbocycles. The van der Waals surface area contributed by atoms with Gasteiger partial charge in [-0.25, -0.2) is 0 Å². The Morgan fingerprint density at radius 3 is 1.15 bits per heavy atom. The highest BCUT2D eigenvalue weighted by molar-refractivity contribution is 5.85. The molecule has 0 aliphatic carbocycles. The SMILES string of the molecule is CC(C)CCCCCCCCC(=O)OC(=O)CCCCCCCCC(C)C. The number of esters is 2. The quantitative estimate of drug-likeness (QED) is 0.139. The molecule has 0 amide bonds. The maximum absolute atomic E-state index is 11.7. The van der Waals surface area contributed by atoms with E-state index < -0.39 is 0 Å². The number of carbonyl (C=O) groups is 2. The Balaban J connectivity index is 3.38. The van der Waals surface area contributed by atoms with Crippen molar-refractivity contribution in [1.29, 1.82) is 0 Å². The van der Waals surface area contributed by atoms with Crippen LogP contribution in [0.1, 0.15) is 130 Å². The molecular weight excluding hydrogens is 336 g/mol. The fourth-order valence-corrected chi connectivity index (χ4v) is 3.29. The highest BCUT2D eigenvalue weighted by atomic mass is 16.6. The first kappa shape index (κ1) is 26.1. The molecule has 0 radical (unpaired) electrons. The largest absolute Gasteiger partial charge is 0.393 e. The van der Waals surface area contributed by atoms with Crippen molar-refractivity contribution in [3.8, 4) is 0 Å². The smallest absolute Gasteiger partial charge is 0.313 e. The Labute approximate surface area is 169 Å². The fraction of sp³-hybridized carbons (Fsp3) is 0.917. The molecule has 0 atom stereocenters. The van der Waals surface area contributed by atoms with Gasteiger partial charge in [-0.15, -0.1) is 0 Å². The lowest BCUT2D eigenvalue weighted by Gasteiger charge is -2.05. The van der Waals surface area contributed by atoms with E-state index in [1.54, 1.807) is 0 Å².